The minimum Gasteiger partial charge on any atom is -0.495 e. The molecule has 4 rings (SSSR count). The van der Waals surface area contributed by atoms with E-state index in [4.69, 9.17) is 16.3 Å². The van der Waals surface area contributed by atoms with Gasteiger partial charge in [0.25, 0.3) is 0 Å². The van der Waals surface area contributed by atoms with Crippen molar-refractivity contribution in [3.05, 3.63) is 57.1 Å². The van der Waals surface area contributed by atoms with Crippen molar-refractivity contribution in [1.82, 2.24) is 4.98 Å². The van der Waals surface area contributed by atoms with Crippen molar-refractivity contribution >= 4 is 53.8 Å². The molecule has 2 aromatic carbocycles. The minimum absolute atomic E-state index is 0.0737. The Balaban J connectivity index is 1.49. The van der Waals surface area contributed by atoms with Crippen molar-refractivity contribution in [1.29, 1.82) is 0 Å². The Morgan fingerprint density at radius 2 is 1.97 bits per heavy atom. The highest BCUT2D eigenvalue weighted by Crippen LogP contribution is 2.35. The van der Waals surface area contributed by atoms with Crippen LogP contribution in [0.4, 0.5) is 9.52 Å². The Hall–Kier alpha value is -1.68. The number of hydrogen-bond donors (Lipinski definition) is 0. The van der Waals surface area contributed by atoms with Crippen LogP contribution in [0, 0.1) is 5.82 Å². The van der Waals surface area contributed by atoms with Crippen LogP contribution in [0.15, 0.2) is 51.1 Å². The van der Waals surface area contributed by atoms with Gasteiger partial charge in [-0.15, -0.1) is 11.3 Å². The number of methoxy groups -OCH3 is 1. The van der Waals surface area contributed by atoms with E-state index in [1.807, 2.05) is 5.38 Å². The number of anilines is 1. The van der Waals surface area contributed by atoms with Crippen LogP contribution in [0.25, 0.3) is 11.3 Å². The molecule has 1 aliphatic rings. The third kappa shape index (κ3) is 4.60. The number of aromatic nitrogens is 1. The first-order valence-electron chi connectivity index (χ1n) is 9.53. The highest BCUT2D eigenvalue weighted by molar-refractivity contribution is 9.10. The lowest BCUT2D eigenvalue weighted by Gasteiger charge is -2.31. The Kier molecular flexibility index (Phi) is 6.57. The highest BCUT2D eigenvalue weighted by atomic mass is 79.9. The average Bonchev–Trinajstić information content (AvgIpc) is 3.26. The molecular formula is C21H19BrClFN2O3S2. The van der Waals surface area contributed by atoms with E-state index in [9.17, 15) is 12.8 Å². The van der Waals surface area contributed by atoms with Gasteiger partial charge >= 0.3 is 0 Å². The third-order valence-corrected chi connectivity index (χ3v) is 9.27. The van der Waals surface area contributed by atoms with Crippen LogP contribution in [0.5, 0.6) is 5.75 Å². The standard InChI is InChI=1S/C21H19BrClFN2O3S2/c1-29-19-5-3-14(22)11-20(19)31(27,28)15-6-8-26(9-7-15)21-25-18(12-30-21)13-2-4-16(23)17(24)10-13/h2-5,10-12,15H,6-9H2,1H3. The molecule has 3 aromatic rings. The highest BCUT2D eigenvalue weighted by Gasteiger charge is 2.34. The molecular weight excluding hydrogens is 527 g/mol. The Labute approximate surface area is 197 Å². The molecule has 0 unspecified atom stereocenters. The first kappa shape index (κ1) is 22.5. The molecule has 0 aliphatic carbocycles. The smallest absolute Gasteiger partial charge is 0.185 e. The maximum atomic E-state index is 13.8. The van der Waals surface area contributed by atoms with Crippen molar-refractivity contribution in [3.63, 3.8) is 0 Å². The predicted octanol–water partition coefficient (Wildman–Crippen LogP) is 5.82. The molecule has 1 aromatic heterocycles. The van der Waals surface area contributed by atoms with Gasteiger partial charge in [-0.25, -0.2) is 17.8 Å². The second-order valence-electron chi connectivity index (χ2n) is 7.17. The van der Waals surface area contributed by atoms with Crippen LogP contribution in [-0.4, -0.2) is 38.9 Å². The molecule has 31 heavy (non-hydrogen) atoms. The van der Waals surface area contributed by atoms with E-state index in [0.717, 1.165) is 5.13 Å². The second kappa shape index (κ2) is 9.05. The topological polar surface area (TPSA) is 59.5 Å². The van der Waals surface area contributed by atoms with E-state index in [2.05, 4.69) is 25.8 Å². The first-order chi connectivity index (χ1) is 14.8. The molecule has 10 heteroatoms. The summed E-state index contributed by atoms with van der Waals surface area (Å²) in [6, 6.07) is 9.62. The summed E-state index contributed by atoms with van der Waals surface area (Å²) in [5.41, 5.74) is 1.33. The zero-order chi connectivity index (χ0) is 22.2. The van der Waals surface area contributed by atoms with Gasteiger partial charge in [-0.1, -0.05) is 33.6 Å². The van der Waals surface area contributed by atoms with Gasteiger partial charge in [-0.2, -0.15) is 0 Å². The quantitative estimate of drug-likeness (QED) is 0.405. The summed E-state index contributed by atoms with van der Waals surface area (Å²) in [7, 11) is -2.06. The SMILES string of the molecule is COc1ccc(Br)cc1S(=O)(=O)C1CCN(c2nc(-c3ccc(Cl)c(F)c3)cs2)CC1. The van der Waals surface area contributed by atoms with E-state index in [0.29, 0.717) is 47.4 Å². The molecule has 0 saturated carbocycles. The van der Waals surface area contributed by atoms with Crippen molar-refractivity contribution in [2.75, 3.05) is 25.1 Å². The largest absolute Gasteiger partial charge is 0.495 e. The summed E-state index contributed by atoms with van der Waals surface area (Å²) in [5.74, 6) is -0.131. The zero-order valence-corrected chi connectivity index (χ0v) is 20.5. The van der Waals surface area contributed by atoms with Crippen LogP contribution < -0.4 is 9.64 Å². The van der Waals surface area contributed by atoms with E-state index < -0.39 is 20.9 Å². The number of sulfone groups is 1. The Morgan fingerprint density at radius 3 is 2.65 bits per heavy atom. The lowest BCUT2D eigenvalue weighted by Crippen LogP contribution is -2.39. The summed E-state index contributed by atoms with van der Waals surface area (Å²) in [6.45, 7) is 1.14. The molecule has 0 N–H and O–H groups in total. The van der Waals surface area contributed by atoms with Crippen molar-refractivity contribution in [2.24, 2.45) is 0 Å². The van der Waals surface area contributed by atoms with Crippen LogP contribution in [0.3, 0.4) is 0 Å². The van der Waals surface area contributed by atoms with E-state index >= 15 is 0 Å². The van der Waals surface area contributed by atoms with Gasteiger partial charge < -0.3 is 9.64 Å². The van der Waals surface area contributed by atoms with E-state index in [-0.39, 0.29) is 9.92 Å². The minimum atomic E-state index is -3.53. The Morgan fingerprint density at radius 1 is 1.23 bits per heavy atom. The van der Waals surface area contributed by atoms with Gasteiger partial charge in [0.05, 0.1) is 23.1 Å². The van der Waals surface area contributed by atoms with Gasteiger partial charge in [-0.3, -0.25) is 0 Å². The summed E-state index contributed by atoms with van der Waals surface area (Å²) < 4.78 is 46.2. The lowest BCUT2D eigenvalue weighted by atomic mass is 10.1. The van der Waals surface area contributed by atoms with Gasteiger partial charge in [-0.05, 0) is 43.2 Å². The van der Waals surface area contributed by atoms with Crippen LogP contribution in [0.2, 0.25) is 5.02 Å². The number of piperidine rings is 1. The molecule has 1 fully saturated rings. The van der Waals surface area contributed by atoms with Crippen molar-refractivity contribution in [2.45, 2.75) is 23.0 Å². The Bertz CT molecular complexity index is 1210. The summed E-state index contributed by atoms with van der Waals surface area (Å²) in [5, 5.41) is 2.25. The number of thiazole rings is 1. The molecule has 0 atom stereocenters. The number of benzene rings is 2. The van der Waals surface area contributed by atoms with E-state index in [1.54, 1.807) is 24.3 Å². The third-order valence-electron chi connectivity index (χ3n) is 5.29. The molecule has 0 amide bonds. The van der Waals surface area contributed by atoms with Gasteiger partial charge in [0.1, 0.15) is 16.5 Å². The maximum absolute atomic E-state index is 13.8. The molecule has 0 radical (unpaired) electrons. The molecule has 5 nitrogen and oxygen atoms in total. The first-order valence-corrected chi connectivity index (χ1v) is 13.1. The summed E-state index contributed by atoms with van der Waals surface area (Å²) in [6.07, 6.45) is 0.977. The molecule has 0 spiro atoms. The molecule has 164 valence electrons. The fourth-order valence-electron chi connectivity index (χ4n) is 3.61. The van der Waals surface area contributed by atoms with Crippen LogP contribution in [0.1, 0.15) is 12.8 Å². The van der Waals surface area contributed by atoms with E-state index in [1.165, 1.54) is 30.6 Å². The fraction of sp³-hybridized carbons (Fsp3) is 0.286. The zero-order valence-electron chi connectivity index (χ0n) is 16.5. The lowest BCUT2D eigenvalue weighted by molar-refractivity contribution is 0.401. The average molecular weight is 546 g/mol. The summed E-state index contributed by atoms with van der Waals surface area (Å²) >= 11 is 10.6. The number of halogens is 3. The summed E-state index contributed by atoms with van der Waals surface area (Å²) in [4.78, 5) is 6.90. The van der Waals surface area contributed by atoms with Crippen molar-refractivity contribution in [3.8, 4) is 17.0 Å². The van der Waals surface area contributed by atoms with Crippen molar-refractivity contribution < 1.29 is 17.5 Å². The second-order valence-corrected chi connectivity index (χ2v) is 11.5. The maximum Gasteiger partial charge on any atom is 0.185 e. The monoisotopic (exact) mass is 544 g/mol. The van der Waals surface area contributed by atoms with Crippen LogP contribution >= 0.6 is 38.9 Å². The number of nitrogens with zero attached hydrogens (tertiary/aromatic N) is 2. The molecule has 1 aliphatic heterocycles. The van der Waals surface area contributed by atoms with Gasteiger partial charge in [0.15, 0.2) is 15.0 Å². The predicted molar refractivity (Wildman–Crippen MR) is 126 cm³/mol. The molecule has 0 bridgehead atoms. The number of ether oxygens (including phenoxy) is 1. The number of hydrogen-bond acceptors (Lipinski definition) is 6. The molecule has 2 heterocycles. The van der Waals surface area contributed by atoms with Gasteiger partial charge in [0, 0.05) is 28.5 Å². The van der Waals surface area contributed by atoms with Crippen LogP contribution in [-0.2, 0) is 9.84 Å². The fourth-order valence-corrected chi connectivity index (χ4v) is 7.04. The normalized spacial score (nSPS) is 15.3. The molecule has 1 saturated heterocycles. The number of rotatable bonds is 5. The van der Waals surface area contributed by atoms with Gasteiger partial charge in [0.2, 0.25) is 0 Å².